The third kappa shape index (κ3) is 3.32. The fraction of sp³-hybridized carbons (Fsp3) is 0.417. The molecule has 0 saturated heterocycles. The molecule has 3 N–H and O–H groups in total. The van der Waals surface area contributed by atoms with E-state index >= 15 is 0 Å². The first-order valence-corrected chi connectivity index (χ1v) is 5.30. The molecule has 0 spiro atoms. The van der Waals surface area contributed by atoms with Crippen molar-refractivity contribution in [3.63, 3.8) is 0 Å². The summed E-state index contributed by atoms with van der Waals surface area (Å²) in [6, 6.07) is 9.37. The fourth-order valence-electron chi connectivity index (χ4n) is 1.45. The molecule has 0 aliphatic rings. The van der Waals surface area contributed by atoms with E-state index < -0.39 is 0 Å². The highest BCUT2D eigenvalue weighted by Crippen LogP contribution is 2.18. The highest BCUT2D eigenvalue weighted by atomic mass is 16.2. The number of carbonyl (C=O) groups excluding carboxylic acids is 1. The SMILES string of the molecule is CC(C(=O)NN(C)C)C(N)c1ccccc1. The van der Waals surface area contributed by atoms with Gasteiger partial charge in [-0.15, -0.1) is 0 Å². The molecule has 0 fully saturated rings. The molecule has 2 atom stereocenters. The first kappa shape index (κ1) is 12.7. The Bertz CT molecular complexity index is 337. The Morgan fingerprint density at radius 2 is 1.88 bits per heavy atom. The van der Waals surface area contributed by atoms with Gasteiger partial charge in [-0.3, -0.25) is 10.2 Å². The van der Waals surface area contributed by atoms with Crippen LogP contribution in [0.15, 0.2) is 30.3 Å². The zero-order chi connectivity index (χ0) is 12.1. The van der Waals surface area contributed by atoms with Crippen LogP contribution >= 0.6 is 0 Å². The van der Waals surface area contributed by atoms with Gasteiger partial charge < -0.3 is 5.73 Å². The van der Waals surface area contributed by atoms with Crippen LogP contribution in [-0.4, -0.2) is 25.0 Å². The smallest absolute Gasteiger partial charge is 0.239 e. The number of benzene rings is 1. The second-order valence-electron chi connectivity index (χ2n) is 4.10. The van der Waals surface area contributed by atoms with Crippen molar-refractivity contribution in [1.82, 2.24) is 10.4 Å². The summed E-state index contributed by atoms with van der Waals surface area (Å²) in [4.78, 5) is 11.7. The Kier molecular flexibility index (Phi) is 4.46. The second-order valence-corrected chi connectivity index (χ2v) is 4.10. The average Bonchev–Trinajstić information content (AvgIpc) is 2.27. The first-order chi connectivity index (χ1) is 7.52. The van der Waals surface area contributed by atoms with E-state index in [1.165, 1.54) is 0 Å². The van der Waals surface area contributed by atoms with E-state index in [2.05, 4.69) is 5.43 Å². The summed E-state index contributed by atoms with van der Waals surface area (Å²) in [6.45, 7) is 1.83. The van der Waals surface area contributed by atoms with E-state index in [1.807, 2.05) is 37.3 Å². The molecule has 0 heterocycles. The molecule has 16 heavy (non-hydrogen) atoms. The molecule has 2 unspecified atom stereocenters. The number of hydrogen-bond donors (Lipinski definition) is 2. The van der Waals surface area contributed by atoms with Gasteiger partial charge in [0.05, 0.1) is 5.92 Å². The summed E-state index contributed by atoms with van der Waals surface area (Å²) >= 11 is 0. The molecular weight excluding hydrogens is 202 g/mol. The van der Waals surface area contributed by atoms with Crippen LogP contribution in [0.25, 0.3) is 0 Å². The summed E-state index contributed by atoms with van der Waals surface area (Å²) in [6.07, 6.45) is 0. The van der Waals surface area contributed by atoms with E-state index in [4.69, 9.17) is 5.73 Å². The average molecular weight is 221 g/mol. The Morgan fingerprint density at radius 3 is 2.38 bits per heavy atom. The summed E-state index contributed by atoms with van der Waals surface area (Å²) in [7, 11) is 3.55. The van der Waals surface area contributed by atoms with E-state index in [0.29, 0.717) is 0 Å². The molecule has 1 rings (SSSR count). The lowest BCUT2D eigenvalue weighted by molar-refractivity contribution is -0.129. The van der Waals surface area contributed by atoms with Crippen LogP contribution in [0.2, 0.25) is 0 Å². The Balaban J connectivity index is 2.67. The van der Waals surface area contributed by atoms with Gasteiger partial charge in [0.25, 0.3) is 0 Å². The number of nitrogens with two attached hydrogens (primary N) is 1. The molecular formula is C12H19N3O. The van der Waals surface area contributed by atoms with Crippen molar-refractivity contribution in [2.24, 2.45) is 11.7 Å². The minimum absolute atomic E-state index is 0.0682. The van der Waals surface area contributed by atoms with Gasteiger partial charge in [-0.25, -0.2) is 5.01 Å². The molecule has 0 saturated carbocycles. The van der Waals surface area contributed by atoms with Crippen molar-refractivity contribution >= 4 is 5.91 Å². The van der Waals surface area contributed by atoms with Crippen LogP contribution in [0.3, 0.4) is 0 Å². The number of amides is 1. The standard InChI is InChI=1S/C12H19N3O/c1-9(12(16)14-15(2)3)11(13)10-7-5-4-6-8-10/h4-9,11H,13H2,1-3H3,(H,14,16). The van der Waals surface area contributed by atoms with Crippen molar-refractivity contribution in [1.29, 1.82) is 0 Å². The molecule has 4 nitrogen and oxygen atoms in total. The van der Waals surface area contributed by atoms with Crippen molar-refractivity contribution < 1.29 is 4.79 Å². The summed E-state index contributed by atoms with van der Waals surface area (Å²) < 4.78 is 0. The van der Waals surface area contributed by atoms with Gasteiger partial charge >= 0.3 is 0 Å². The van der Waals surface area contributed by atoms with Gasteiger partial charge in [0.15, 0.2) is 0 Å². The van der Waals surface area contributed by atoms with Crippen LogP contribution in [0.1, 0.15) is 18.5 Å². The lowest BCUT2D eigenvalue weighted by Crippen LogP contribution is -2.42. The maximum atomic E-state index is 11.7. The normalized spacial score (nSPS) is 14.6. The molecule has 4 heteroatoms. The fourth-order valence-corrected chi connectivity index (χ4v) is 1.45. The zero-order valence-corrected chi connectivity index (χ0v) is 9.97. The number of rotatable bonds is 4. The van der Waals surface area contributed by atoms with Crippen LogP contribution in [0.4, 0.5) is 0 Å². The first-order valence-electron chi connectivity index (χ1n) is 5.30. The molecule has 0 aromatic heterocycles. The summed E-state index contributed by atoms with van der Waals surface area (Å²) in [5.74, 6) is -0.328. The molecule has 1 aromatic carbocycles. The molecule has 0 aliphatic heterocycles. The Morgan fingerprint density at radius 1 is 1.31 bits per heavy atom. The number of carbonyl (C=O) groups is 1. The summed E-state index contributed by atoms with van der Waals surface area (Å²) in [5.41, 5.74) is 9.72. The van der Waals surface area contributed by atoms with Crippen LogP contribution < -0.4 is 11.2 Å². The van der Waals surface area contributed by atoms with Crippen LogP contribution in [0, 0.1) is 5.92 Å². The van der Waals surface area contributed by atoms with Gasteiger partial charge in [-0.05, 0) is 5.56 Å². The van der Waals surface area contributed by atoms with Crippen molar-refractivity contribution in [3.05, 3.63) is 35.9 Å². The minimum atomic E-state index is -0.277. The topological polar surface area (TPSA) is 58.4 Å². The van der Waals surface area contributed by atoms with Crippen molar-refractivity contribution in [2.45, 2.75) is 13.0 Å². The molecule has 0 aliphatic carbocycles. The number of hydrazine groups is 1. The van der Waals surface area contributed by atoms with E-state index in [0.717, 1.165) is 5.56 Å². The molecule has 1 aromatic rings. The lowest BCUT2D eigenvalue weighted by atomic mass is 9.95. The minimum Gasteiger partial charge on any atom is -0.323 e. The second kappa shape index (κ2) is 5.63. The molecule has 0 radical (unpaired) electrons. The maximum absolute atomic E-state index is 11.7. The van der Waals surface area contributed by atoms with Gasteiger partial charge in [0.1, 0.15) is 0 Å². The highest BCUT2D eigenvalue weighted by molar-refractivity contribution is 5.78. The Hall–Kier alpha value is -1.39. The third-order valence-electron chi connectivity index (χ3n) is 2.47. The Labute approximate surface area is 96.4 Å². The number of hydrogen-bond acceptors (Lipinski definition) is 3. The molecule has 88 valence electrons. The van der Waals surface area contributed by atoms with Crippen molar-refractivity contribution in [2.75, 3.05) is 14.1 Å². The van der Waals surface area contributed by atoms with Gasteiger partial charge in [0.2, 0.25) is 5.91 Å². The van der Waals surface area contributed by atoms with Crippen LogP contribution in [0.5, 0.6) is 0 Å². The number of nitrogens with one attached hydrogen (secondary N) is 1. The van der Waals surface area contributed by atoms with E-state index in [-0.39, 0.29) is 17.9 Å². The van der Waals surface area contributed by atoms with E-state index in [1.54, 1.807) is 19.1 Å². The molecule has 1 amide bonds. The summed E-state index contributed by atoms with van der Waals surface area (Å²) in [5, 5.41) is 1.62. The number of nitrogens with zero attached hydrogens (tertiary/aromatic N) is 1. The molecule has 0 bridgehead atoms. The van der Waals surface area contributed by atoms with Gasteiger partial charge in [0, 0.05) is 20.1 Å². The zero-order valence-electron chi connectivity index (χ0n) is 9.97. The van der Waals surface area contributed by atoms with Gasteiger partial charge in [-0.1, -0.05) is 37.3 Å². The van der Waals surface area contributed by atoms with Crippen LogP contribution in [-0.2, 0) is 4.79 Å². The van der Waals surface area contributed by atoms with Gasteiger partial charge in [-0.2, -0.15) is 0 Å². The predicted molar refractivity (Wildman–Crippen MR) is 64.4 cm³/mol. The highest BCUT2D eigenvalue weighted by Gasteiger charge is 2.22. The predicted octanol–water partition coefficient (Wildman–Crippen LogP) is 0.915. The quantitative estimate of drug-likeness (QED) is 0.743. The largest absolute Gasteiger partial charge is 0.323 e. The third-order valence-corrected chi connectivity index (χ3v) is 2.47. The lowest BCUT2D eigenvalue weighted by Gasteiger charge is -2.21. The maximum Gasteiger partial charge on any atom is 0.239 e. The van der Waals surface area contributed by atoms with E-state index in [9.17, 15) is 4.79 Å². The monoisotopic (exact) mass is 221 g/mol. The van der Waals surface area contributed by atoms with Crippen molar-refractivity contribution in [3.8, 4) is 0 Å².